The summed E-state index contributed by atoms with van der Waals surface area (Å²) >= 11 is 0. The van der Waals surface area contributed by atoms with Crippen LogP contribution in [0.15, 0.2) is 0 Å². The smallest absolute Gasteiger partial charge is 0.237 e. The molecule has 1 saturated heterocycles. The highest BCUT2D eigenvalue weighted by atomic mass is 31.0. The van der Waals surface area contributed by atoms with Crippen LogP contribution >= 0.6 is 9.39 Å². The highest BCUT2D eigenvalue weighted by Crippen LogP contribution is 2.20. The molecule has 2 unspecified atom stereocenters. The molecule has 1 fully saturated rings. The first kappa shape index (κ1) is 7.96. The Bertz CT molecular complexity index is 140. The second-order valence-corrected chi connectivity index (χ2v) is 3.17. The molecule has 58 valence electrons. The molecule has 0 aromatic rings. The molecule has 1 N–H and O–H groups in total. The molecule has 0 aliphatic carbocycles. The molecule has 1 aliphatic rings. The molecule has 1 heterocycles. The van der Waals surface area contributed by atoms with Crippen LogP contribution in [0.5, 0.6) is 0 Å². The van der Waals surface area contributed by atoms with E-state index in [0.29, 0.717) is 0 Å². The van der Waals surface area contributed by atoms with Crippen molar-refractivity contribution in [2.24, 2.45) is 0 Å². The highest BCUT2D eigenvalue weighted by molar-refractivity contribution is 7.13. The summed E-state index contributed by atoms with van der Waals surface area (Å²) in [4.78, 5) is 11.1. The van der Waals surface area contributed by atoms with Crippen molar-refractivity contribution < 1.29 is 4.79 Å². The van der Waals surface area contributed by atoms with Crippen molar-refractivity contribution in [3.8, 4) is 0 Å². The van der Waals surface area contributed by atoms with E-state index in [2.05, 4.69) is 14.7 Å². The minimum absolute atomic E-state index is 0.0926. The van der Waals surface area contributed by atoms with Gasteiger partial charge in [-0.1, -0.05) is 9.39 Å². The molecular formula is C6H13N2OP. The summed E-state index contributed by atoms with van der Waals surface area (Å²) in [6.45, 7) is 1.02. The standard InChI is InChI=1S/C6H13N2OP/c1-7-6(9)5-3-2-4-8(5)10/h5H,2-4,10H2,1H3,(H,7,9). The lowest BCUT2D eigenvalue weighted by Gasteiger charge is -2.16. The van der Waals surface area contributed by atoms with Gasteiger partial charge in [-0.15, -0.1) is 0 Å². The lowest BCUT2D eigenvalue weighted by atomic mass is 10.2. The zero-order valence-corrected chi connectivity index (χ0v) is 7.29. The van der Waals surface area contributed by atoms with Crippen molar-refractivity contribution >= 4 is 15.3 Å². The average molecular weight is 160 g/mol. The Labute approximate surface area is 63.4 Å². The van der Waals surface area contributed by atoms with Crippen LogP contribution in [-0.4, -0.2) is 30.2 Å². The maximum Gasteiger partial charge on any atom is 0.237 e. The van der Waals surface area contributed by atoms with Crippen LogP contribution in [0.3, 0.4) is 0 Å². The fraction of sp³-hybridized carbons (Fsp3) is 0.833. The van der Waals surface area contributed by atoms with Crippen LogP contribution in [0.25, 0.3) is 0 Å². The maximum absolute atomic E-state index is 11.1. The number of nitrogens with zero attached hydrogens (tertiary/aromatic N) is 1. The third-order valence-corrected chi connectivity index (χ3v) is 2.46. The third kappa shape index (κ3) is 1.47. The molecular weight excluding hydrogens is 147 g/mol. The SMILES string of the molecule is CNC(=O)C1CCCN1P. The summed E-state index contributed by atoms with van der Waals surface area (Å²) in [5.41, 5.74) is 0. The lowest BCUT2D eigenvalue weighted by Crippen LogP contribution is -2.36. The van der Waals surface area contributed by atoms with Crippen molar-refractivity contribution in [2.75, 3.05) is 13.6 Å². The molecule has 0 spiro atoms. The number of rotatable bonds is 1. The lowest BCUT2D eigenvalue weighted by molar-refractivity contribution is -0.123. The van der Waals surface area contributed by atoms with Crippen LogP contribution in [0.2, 0.25) is 0 Å². The zero-order valence-electron chi connectivity index (χ0n) is 6.13. The largest absolute Gasteiger partial charge is 0.358 e. The molecule has 2 atom stereocenters. The number of amides is 1. The van der Waals surface area contributed by atoms with E-state index < -0.39 is 0 Å². The summed E-state index contributed by atoms with van der Waals surface area (Å²) in [6, 6.07) is 0.0926. The summed E-state index contributed by atoms with van der Waals surface area (Å²) in [7, 11) is 4.26. The zero-order chi connectivity index (χ0) is 7.56. The van der Waals surface area contributed by atoms with E-state index in [1.165, 1.54) is 0 Å². The molecule has 0 aromatic heterocycles. The second-order valence-electron chi connectivity index (χ2n) is 2.51. The van der Waals surface area contributed by atoms with Gasteiger partial charge in [-0.2, -0.15) is 0 Å². The van der Waals surface area contributed by atoms with E-state index >= 15 is 0 Å². The van der Waals surface area contributed by atoms with Crippen LogP contribution < -0.4 is 5.32 Å². The van der Waals surface area contributed by atoms with E-state index in [9.17, 15) is 4.79 Å². The molecule has 1 amide bonds. The Morgan fingerprint density at radius 2 is 2.50 bits per heavy atom. The molecule has 0 aromatic carbocycles. The molecule has 10 heavy (non-hydrogen) atoms. The normalized spacial score (nSPS) is 26.8. The first-order chi connectivity index (χ1) is 4.75. The Morgan fingerprint density at radius 1 is 1.80 bits per heavy atom. The van der Waals surface area contributed by atoms with Crippen molar-refractivity contribution in [1.82, 2.24) is 9.99 Å². The van der Waals surface area contributed by atoms with Gasteiger partial charge in [0.25, 0.3) is 0 Å². The van der Waals surface area contributed by atoms with Crippen LogP contribution in [-0.2, 0) is 4.79 Å². The van der Waals surface area contributed by atoms with Crippen molar-refractivity contribution in [1.29, 1.82) is 0 Å². The first-order valence-electron chi connectivity index (χ1n) is 3.48. The van der Waals surface area contributed by atoms with E-state index in [1.54, 1.807) is 7.05 Å². The van der Waals surface area contributed by atoms with Gasteiger partial charge in [0.15, 0.2) is 0 Å². The topological polar surface area (TPSA) is 32.3 Å². The molecule has 3 nitrogen and oxygen atoms in total. The monoisotopic (exact) mass is 160 g/mol. The molecule has 0 radical (unpaired) electrons. The van der Waals surface area contributed by atoms with Gasteiger partial charge >= 0.3 is 0 Å². The molecule has 1 rings (SSSR count). The van der Waals surface area contributed by atoms with E-state index in [0.717, 1.165) is 19.4 Å². The Hall–Kier alpha value is -0.140. The minimum atomic E-state index is 0.0926. The van der Waals surface area contributed by atoms with Gasteiger partial charge in [0.1, 0.15) is 0 Å². The summed E-state index contributed by atoms with van der Waals surface area (Å²) in [5.74, 6) is 0.132. The highest BCUT2D eigenvalue weighted by Gasteiger charge is 2.26. The summed E-state index contributed by atoms with van der Waals surface area (Å²) in [5, 5.41) is 2.64. The van der Waals surface area contributed by atoms with E-state index in [4.69, 9.17) is 0 Å². The van der Waals surface area contributed by atoms with Gasteiger partial charge in [-0.05, 0) is 12.8 Å². The van der Waals surface area contributed by atoms with Crippen LogP contribution in [0.4, 0.5) is 0 Å². The average Bonchev–Trinajstić information content (AvgIpc) is 2.34. The second kappa shape index (κ2) is 3.31. The number of likely N-dealkylation sites (N-methyl/N-ethyl adjacent to an activating group) is 1. The van der Waals surface area contributed by atoms with Gasteiger partial charge < -0.3 is 5.32 Å². The van der Waals surface area contributed by atoms with Gasteiger partial charge in [-0.3, -0.25) is 9.46 Å². The third-order valence-electron chi connectivity index (χ3n) is 1.84. The molecule has 4 heteroatoms. The van der Waals surface area contributed by atoms with Gasteiger partial charge in [0.2, 0.25) is 5.91 Å². The molecule has 0 bridgehead atoms. The Balaban J connectivity index is 2.46. The van der Waals surface area contributed by atoms with E-state index in [1.807, 2.05) is 4.67 Å². The van der Waals surface area contributed by atoms with Crippen molar-refractivity contribution in [2.45, 2.75) is 18.9 Å². The predicted molar refractivity (Wildman–Crippen MR) is 43.5 cm³/mol. The maximum atomic E-state index is 11.1. The molecule has 0 saturated carbocycles. The summed E-state index contributed by atoms with van der Waals surface area (Å²) in [6.07, 6.45) is 2.12. The number of carbonyl (C=O) groups excluding carboxylic acids is 1. The Morgan fingerprint density at radius 3 is 2.90 bits per heavy atom. The van der Waals surface area contributed by atoms with Crippen molar-refractivity contribution in [3.05, 3.63) is 0 Å². The number of nitrogens with one attached hydrogen (secondary N) is 1. The van der Waals surface area contributed by atoms with E-state index in [-0.39, 0.29) is 11.9 Å². The number of carbonyl (C=O) groups is 1. The van der Waals surface area contributed by atoms with Gasteiger partial charge in [0, 0.05) is 13.6 Å². The quantitative estimate of drug-likeness (QED) is 0.547. The fourth-order valence-electron chi connectivity index (χ4n) is 1.24. The summed E-state index contributed by atoms with van der Waals surface area (Å²) < 4.78 is 2.01. The Kier molecular flexibility index (Phi) is 2.64. The fourth-order valence-corrected chi connectivity index (χ4v) is 1.70. The predicted octanol–water partition coefficient (Wildman–Crippen LogP) is -0.0131. The van der Waals surface area contributed by atoms with Crippen molar-refractivity contribution in [3.63, 3.8) is 0 Å². The van der Waals surface area contributed by atoms with Crippen LogP contribution in [0.1, 0.15) is 12.8 Å². The first-order valence-corrected chi connectivity index (χ1v) is 4.00. The number of hydrogen-bond donors (Lipinski definition) is 1. The molecule has 1 aliphatic heterocycles. The van der Waals surface area contributed by atoms with Gasteiger partial charge in [-0.25, -0.2) is 0 Å². The van der Waals surface area contributed by atoms with Crippen LogP contribution in [0, 0.1) is 0 Å². The number of hydrogen-bond acceptors (Lipinski definition) is 2. The van der Waals surface area contributed by atoms with Gasteiger partial charge in [0.05, 0.1) is 6.04 Å². The minimum Gasteiger partial charge on any atom is -0.358 e.